The summed E-state index contributed by atoms with van der Waals surface area (Å²) in [6.07, 6.45) is 1.60. The van der Waals surface area contributed by atoms with Crippen molar-refractivity contribution in [2.24, 2.45) is 0 Å². The van der Waals surface area contributed by atoms with Gasteiger partial charge in [-0.25, -0.2) is 0 Å². The third kappa shape index (κ3) is 2.31. The van der Waals surface area contributed by atoms with Crippen LogP contribution in [-0.2, 0) is 4.79 Å². The van der Waals surface area contributed by atoms with Crippen LogP contribution in [0, 0.1) is 0 Å². The van der Waals surface area contributed by atoms with E-state index in [4.69, 9.17) is 14.6 Å². The second kappa shape index (κ2) is 5.14. The first-order valence-corrected chi connectivity index (χ1v) is 5.82. The third-order valence-corrected chi connectivity index (χ3v) is 3.08. The van der Waals surface area contributed by atoms with Crippen molar-refractivity contribution < 1.29 is 19.4 Å². The summed E-state index contributed by atoms with van der Waals surface area (Å²) in [6.45, 7) is 1.61. The molecule has 1 aromatic heterocycles. The Labute approximate surface area is 110 Å². The van der Waals surface area contributed by atoms with Crippen LogP contribution in [0.5, 0.6) is 11.5 Å². The highest BCUT2D eigenvalue weighted by molar-refractivity contribution is 5.91. The van der Waals surface area contributed by atoms with Crippen molar-refractivity contribution in [2.45, 2.75) is 12.8 Å². The zero-order valence-corrected chi connectivity index (χ0v) is 11.0. The highest BCUT2D eigenvalue weighted by Gasteiger charge is 2.19. The number of nitrogens with zero attached hydrogens (tertiary/aromatic N) is 1. The maximum atomic E-state index is 11.1. The first kappa shape index (κ1) is 13.1. The van der Waals surface area contributed by atoms with Crippen LogP contribution in [-0.4, -0.2) is 30.3 Å². The van der Waals surface area contributed by atoms with Gasteiger partial charge >= 0.3 is 5.97 Å². The molecule has 1 N–H and O–H groups in total. The molecule has 0 saturated heterocycles. The number of rotatable bonds is 4. The summed E-state index contributed by atoms with van der Waals surface area (Å²) in [5, 5.41) is 10.8. The molecule has 0 fully saturated rings. The quantitative estimate of drug-likeness (QED) is 0.915. The number of aromatic nitrogens is 1. The second-order valence-electron chi connectivity index (χ2n) is 4.18. The summed E-state index contributed by atoms with van der Waals surface area (Å²) in [5.41, 5.74) is 0.519. The molecule has 0 bridgehead atoms. The van der Waals surface area contributed by atoms with Gasteiger partial charge in [-0.2, -0.15) is 0 Å². The van der Waals surface area contributed by atoms with Gasteiger partial charge in [0.1, 0.15) is 0 Å². The van der Waals surface area contributed by atoms with Crippen LogP contribution in [0.25, 0.3) is 10.8 Å². The van der Waals surface area contributed by atoms with Crippen LogP contribution in [0.3, 0.4) is 0 Å². The van der Waals surface area contributed by atoms with E-state index in [1.165, 1.54) is 0 Å². The third-order valence-electron chi connectivity index (χ3n) is 3.08. The molecule has 0 aliphatic heterocycles. The number of carboxylic acid groups (broad SMARTS) is 1. The molecule has 0 aliphatic carbocycles. The van der Waals surface area contributed by atoms with Crippen molar-refractivity contribution in [2.75, 3.05) is 14.2 Å². The molecule has 0 saturated carbocycles. The highest BCUT2D eigenvalue weighted by atomic mass is 16.5. The molecule has 100 valence electrons. The van der Waals surface area contributed by atoms with E-state index in [9.17, 15) is 4.79 Å². The summed E-state index contributed by atoms with van der Waals surface area (Å²) in [7, 11) is 3.10. The van der Waals surface area contributed by atoms with Gasteiger partial charge in [0, 0.05) is 11.6 Å². The number of pyridine rings is 1. The van der Waals surface area contributed by atoms with Gasteiger partial charge < -0.3 is 14.6 Å². The Morgan fingerprint density at radius 3 is 2.47 bits per heavy atom. The van der Waals surface area contributed by atoms with E-state index < -0.39 is 11.9 Å². The first-order chi connectivity index (χ1) is 9.08. The maximum absolute atomic E-state index is 11.1. The Balaban J connectivity index is 2.70. The number of aliphatic carboxylic acids is 1. The number of carbonyl (C=O) groups is 1. The maximum Gasteiger partial charge on any atom is 0.312 e. The Kier molecular flexibility index (Phi) is 3.55. The van der Waals surface area contributed by atoms with Crippen LogP contribution in [0.2, 0.25) is 0 Å². The fourth-order valence-corrected chi connectivity index (χ4v) is 1.98. The number of ether oxygens (including phenoxy) is 2. The lowest BCUT2D eigenvalue weighted by molar-refractivity contribution is -0.138. The minimum Gasteiger partial charge on any atom is -0.493 e. The minimum atomic E-state index is -0.908. The summed E-state index contributed by atoms with van der Waals surface area (Å²) >= 11 is 0. The van der Waals surface area contributed by atoms with Gasteiger partial charge in [-0.05, 0) is 30.5 Å². The molecule has 1 aromatic carbocycles. The first-order valence-electron chi connectivity index (χ1n) is 5.82. The Morgan fingerprint density at radius 1 is 1.26 bits per heavy atom. The molecular weight excluding hydrogens is 246 g/mol. The molecule has 0 aliphatic rings. The van der Waals surface area contributed by atoms with Gasteiger partial charge in [-0.1, -0.05) is 0 Å². The normalized spacial score (nSPS) is 12.2. The lowest BCUT2D eigenvalue weighted by Gasteiger charge is -2.13. The van der Waals surface area contributed by atoms with E-state index in [0.717, 1.165) is 10.8 Å². The molecular formula is C14H15NO4. The SMILES string of the molecule is COc1cc2ccnc(C(C)C(=O)O)c2cc1OC. The molecule has 0 radical (unpaired) electrons. The number of hydrogen-bond acceptors (Lipinski definition) is 4. The average Bonchev–Trinajstić information content (AvgIpc) is 2.44. The summed E-state index contributed by atoms with van der Waals surface area (Å²) < 4.78 is 10.5. The van der Waals surface area contributed by atoms with Crippen molar-refractivity contribution in [3.63, 3.8) is 0 Å². The van der Waals surface area contributed by atoms with Crippen molar-refractivity contribution in [1.29, 1.82) is 0 Å². The predicted molar refractivity (Wildman–Crippen MR) is 70.9 cm³/mol. The molecule has 1 atom stereocenters. The van der Waals surface area contributed by atoms with Crippen molar-refractivity contribution in [3.05, 3.63) is 30.1 Å². The zero-order valence-electron chi connectivity index (χ0n) is 11.0. The summed E-state index contributed by atoms with van der Waals surface area (Å²) in [4.78, 5) is 15.3. The average molecular weight is 261 g/mol. The molecule has 1 heterocycles. The van der Waals surface area contributed by atoms with Gasteiger partial charge in [0.05, 0.1) is 25.8 Å². The lowest BCUT2D eigenvalue weighted by atomic mass is 10.0. The van der Waals surface area contributed by atoms with Crippen molar-refractivity contribution in [1.82, 2.24) is 4.98 Å². The summed E-state index contributed by atoms with van der Waals surface area (Å²) in [6, 6.07) is 5.39. The Hall–Kier alpha value is -2.30. The van der Waals surface area contributed by atoms with Crippen LogP contribution in [0.4, 0.5) is 0 Å². The molecule has 5 nitrogen and oxygen atoms in total. The highest BCUT2D eigenvalue weighted by Crippen LogP contribution is 2.34. The van der Waals surface area contributed by atoms with Gasteiger partial charge in [0.2, 0.25) is 0 Å². The smallest absolute Gasteiger partial charge is 0.312 e. The Morgan fingerprint density at radius 2 is 1.89 bits per heavy atom. The molecule has 1 unspecified atom stereocenters. The molecule has 19 heavy (non-hydrogen) atoms. The standard InChI is InChI=1S/C14H15NO4/c1-8(14(16)17)13-10-7-12(19-3)11(18-2)6-9(10)4-5-15-13/h4-8H,1-3H3,(H,16,17). The van der Waals surface area contributed by atoms with E-state index >= 15 is 0 Å². The zero-order chi connectivity index (χ0) is 14.0. The predicted octanol–water partition coefficient (Wildman–Crippen LogP) is 2.44. The molecule has 0 amide bonds. The van der Waals surface area contributed by atoms with Gasteiger partial charge in [0.15, 0.2) is 11.5 Å². The minimum absolute atomic E-state index is 0.519. The Bertz CT molecular complexity index is 624. The van der Waals surface area contributed by atoms with Gasteiger partial charge in [-0.3, -0.25) is 9.78 Å². The van der Waals surface area contributed by atoms with Gasteiger partial charge in [-0.15, -0.1) is 0 Å². The topological polar surface area (TPSA) is 68.7 Å². The van der Waals surface area contributed by atoms with Gasteiger partial charge in [0.25, 0.3) is 0 Å². The van der Waals surface area contributed by atoms with E-state index in [1.54, 1.807) is 33.4 Å². The molecule has 0 spiro atoms. The largest absolute Gasteiger partial charge is 0.493 e. The van der Waals surface area contributed by atoms with E-state index in [1.807, 2.05) is 12.1 Å². The number of fused-ring (bicyclic) bond motifs is 1. The van der Waals surface area contributed by atoms with Crippen molar-refractivity contribution in [3.8, 4) is 11.5 Å². The van der Waals surface area contributed by atoms with Crippen molar-refractivity contribution >= 4 is 16.7 Å². The summed E-state index contributed by atoms with van der Waals surface area (Å²) in [5.74, 6) is -0.423. The van der Waals surface area contributed by atoms with Crippen LogP contribution >= 0.6 is 0 Å². The molecule has 5 heteroatoms. The van der Waals surface area contributed by atoms with E-state index in [-0.39, 0.29) is 0 Å². The fraction of sp³-hybridized carbons (Fsp3) is 0.286. The lowest BCUT2D eigenvalue weighted by Crippen LogP contribution is -2.09. The number of benzene rings is 1. The fourth-order valence-electron chi connectivity index (χ4n) is 1.98. The number of hydrogen-bond donors (Lipinski definition) is 1. The number of carboxylic acids is 1. The number of methoxy groups -OCH3 is 2. The van der Waals surface area contributed by atoms with E-state index in [2.05, 4.69) is 4.98 Å². The van der Waals surface area contributed by atoms with Crippen LogP contribution in [0.15, 0.2) is 24.4 Å². The monoisotopic (exact) mass is 261 g/mol. The second-order valence-corrected chi connectivity index (χ2v) is 4.18. The van der Waals surface area contributed by atoms with Crippen LogP contribution in [0.1, 0.15) is 18.5 Å². The van der Waals surface area contributed by atoms with E-state index in [0.29, 0.717) is 17.2 Å². The van der Waals surface area contributed by atoms with Crippen LogP contribution < -0.4 is 9.47 Å². The molecule has 2 rings (SSSR count). The molecule has 2 aromatic rings.